The van der Waals surface area contributed by atoms with Gasteiger partial charge in [-0.2, -0.15) is 0 Å². The minimum absolute atomic E-state index is 0.147. The molecule has 2 fully saturated rings. The van der Waals surface area contributed by atoms with Crippen molar-refractivity contribution < 1.29 is 20.1 Å². The van der Waals surface area contributed by atoms with Crippen LogP contribution in [0.25, 0.3) is 0 Å². The molecule has 2 aliphatic rings. The number of likely N-dealkylation sites (tertiary alicyclic amines) is 1. The van der Waals surface area contributed by atoms with Crippen LogP contribution in [0.2, 0.25) is 0 Å². The van der Waals surface area contributed by atoms with Crippen molar-refractivity contribution in [2.75, 3.05) is 19.7 Å². The monoisotopic (exact) mass is 285 g/mol. The predicted octanol–water partition coefficient (Wildman–Crippen LogP) is 1.23. The maximum atomic E-state index is 11.0. The lowest BCUT2D eigenvalue weighted by Crippen LogP contribution is -2.50. The molecular formula is C15H27NO4. The Morgan fingerprint density at radius 1 is 1.15 bits per heavy atom. The number of nitrogens with zero attached hydrogens (tertiary/aromatic N) is 1. The smallest absolute Gasteiger partial charge is 0.306 e. The molecule has 0 aromatic heterocycles. The fraction of sp³-hybridized carbons (Fsp3) is 0.933. The summed E-state index contributed by atoms with van der Waals surface area (Å²) in [7, 11) is 0. The molecular weight excluding hydrogens is 258 g/mol. The Morgan fingerprint density at radius 3 is 2.45 bits per heavy atom. The van der Waals surface area contributed by atoms with Crippen LogP contribution in [0.3, 0.4) is 0 Å². The summed E-state index contributed by atoms with van der Waals surface area (Å²) >= 11 is 0. The summed E-state index contributed by atoms with van der Waals surface area (Å²) in [5.41, 5.74) is -0.774. The second-order valence-corrected chi connectivity index (χ2v) is 6.49. The van der Waals surface area contributed by atoms with Gasteiger partial charge in [0.15, 0.2) is 0 Å². The number of carbonyl (C=O) groups is 1. The van der Waals surface area contributed by atoms with E-state index in [9.17, 15) is 15.0 Å². The first-order chi connectivity index (χ1) is 9.54. The fourth-order valence-corrected chi connectivity index (χ4v) is 3.59. The van der Waals surface area contributed by atoms with Gasteiger partial charge in [0, 0.05) is 12.6 Å². The van der Waals surface area contributed by atoms with Crippen LogP contribution in [0.1, 0.15) is 51.4 Å². The van der Waals surface area contributed by atoms with E-state index in [1.165, 1.54) is 6.42 Å². The van der Waals surface area contributed by atoms with E-state index in [1.54, 1.807) is 0 Å². The average Bonchev–Trinajstić information content (AvgIpc) is 2.63. The minimum Gasteiger partial charge on any atom is -0.481 e. The second kappa shape index (κ2) is 6.87. The molecule has 1 saturated carbocycles. The highest BCUT2D eigenvalue weighted by atomic mass is 16.4. The van der Waals surface area contributed by atoms with Crippen LogP contribution in [0, 0.1) is 5.92 Å². The van der Waals surface area contributed by atoms with Crippen LogP contribution in [-0.2, 0) is 4.79 Å². The van der Waals surface area contributed by atoms with Gasteiger partial charge >= 0.3 is 5.97 Å². The number of aliphatic carboxylic acids is 1. The molecule has 0 aromatic carbocycles. The van der Waals surface area contributed by atoms with Crippen LogP contribution in [0.15, 0.2) is 0 Å². The summed E-state index contributed by atoms with van der Waals surface area (Å²) in [6, 6.07) is 0.152. The van der Waals surface area contributed by atoms with Crippen molar-refractivity contribution in [2.45, 2.75) is 63.0 Å². The van der Waals surface area contributed by atoms with Gasteiger partial charge in [-0.15, -0.1) is 0 Å². The Hall–Kier alpha value is -0.650. The Morgan fingerprint density at radius 2 is 1.85 bits per heavy atom. The van der Waals surface area contributed by atoms with Crippen molar-refractivity contribution in [3.8, 4) is 0 Å². The number of aliphatic hydroxyl groups excluding tert-OH is 1. The summed E-state index contributed by atoms with van der Waals surface area (Å²) < 4.78 is 0. The Kier molecular flexibility index (Phi) is 5.41. The maximum absolute atomic E-state index is 11.0. The predicted molar refractivity (Wildman–Crippen MR) is 75.5 cm³/mol. The largest absolute Gasteiger partial charge is 0.481 e. The third kappa shape index (κ3) is 3.93. The molecule has 3 N–H and O–H groups in total. The van der Waals surface area contributed by atoms with Crippen molar-refractivity contribution >= 4 is 5.97 Å². The molecule has 0 bridgehead atoms. The van der Waals surface area contributed by atoms with Gasteiger partial charge in [0.1, 0.15) is 0 Å². The summed E-state index contributed by atoms with van der Waals surface area (Å²) in [5.74, 6) is -1.04. The summed E-state index contributed by atoms with van der Waals surface area (Å²) in [5, 5.41) is 29.2. The first-order valence-corrected chi connectivity index (χ1v) is 7.84. The van der Waals surface area contributed by atoms with E-state index < -0.39 is 11.6 Å². The topological polar surface area (TPSA) is 81.0 Å². The summed E-state index contributed by atoms with van der Waals surface area (Å²) in [6.45, 7) is 1.65. The number of β-amino-alcohol motifs (C(OH)–C–C–N with tert-alkyl or cyclic N) is 1. The zero-order valence-electron chi connectivity index (χ0n) is 12.1. The number of aliphatic hydroxyl groups is 2. The zero-order valence-corrected chi connectivity index (χ0v) is 12.1. The van der Waals surface area contributed by atoms with Crippen molar-refractivity contribution in [2.24, 2.45) is 5.92 Å². The highest BCUT2D eigenvalue weighted by Crippen LogP contribution is 2.34. The maximum Gasteiger partial charge on any atom is 0.306 e. The van der Waals surface area contributed by atoms with Crippen molar-refractivity contribution in [3.05, 3.63) is 0 Å². The molecule has 0 radical (unpaired) electrons. The lowest BCUT2D eigenvalue weighted by Gasteiger charge is -2.40. The highest BCUT2D eigenvalue weighted by molar-refractivity contribution is 5.70. The number of hydrogen-bond donors (Lipinski definition) is 3. The summed E-state index contributed by atoms with van der Waals surface area (Å²) in [6.07, 6.45) is 6.66. The van der Waals surface area contributed by atoms with Crippen molar-refractivity contribution in [1.82, 2.24) is 4.90 Å². The van der Waals surface area contributed by atoms with Gasteiger partial charge < -0.3 is 15.3 Å². The molecule has 1 atom stereocenters. The zero-order chi connectivity index (χ0) is 14.6. The lowest BCUT2D eigenvalue weighted by atomic mass is 9.78. The van der Waals surface area contributed by atoms with Crippen LogP contribution in [-0.4, -0.2) is 57.5 Å². The Balaban J connectivity index is 1.92. The molecule has 1 aliphatic heterocycles. The molecule has 1 heterocycles. The normalized spacial score (nSPS) is 36.5. The second-order valence-electron chi connectivity index (χ2n) is 6.49. The third-order valence-corrected chi connectivity index (χ3v) is 4.97. The van der Waals surface area contributed by atoms with Crippen LogP contribution in [0.5, 0.6) is 0 Å². The molecule has 2 rings (SSSR count). The quantitative estimate of drug-likeness (QED) is 0.724. The van der Waals surface area contributed by atoms with Gasteiger partial charge in [0.2, 0.25) is 0 Å². The van der Waals surface area contributed by atoms with Gasteiger partial charge in [-0.1, -0.05) is 12.8 Å². The number of hydrogen-bond acceptors (Lipinski definition) is 4. The number of rotatable bonds is 4. The van der Waals surface area contributed by atoms with E-state index in [0.717, 1.165) is 25.8 Å². The van der Waals surface area contributed by atoms with Crippen molar-refractivity contribution in [1.29, 1.82) is 0 Å². The van der Waals surface area contributed by atoms with Crippen LogP contribution in [0.4, 0.5) is 0 Å². The van der Waals surface area contributed by atoms with E-state index in [1.807, 2.05) is 0 Å². The van der Waals surface area contributed by atoms with Gasteiger partial charge in [-0.05, 0) is 45.1 Å². The number of carboxylic acid groups (broad SMARTS) is 1. The van der Waals surface area contributed by atoms with E-state index in [4.69, 9.17) is 5.11 Å². The molecule has 116 valence electrons. The summed E-state index contributed by atoms with van der Waals surface area (Å²) in [4.78, 5) is 13.2. The van der Waals surface area contributed by atoms with E-state index >= 15 is 0 Å². The average molecular weight is 285 g/mol. The highest BCUT2D eigenvalue weighted by Gasteiger charge is 2.38. The third-order valence-electron chi connectivity index (χ3n) is 4.97. The van der Waals surface area contributed by atoms with Gasteiger partial charge in [-0.3, -0.25) is 9.69 Å². The van der Waals surface area contributed by atoms with Crippen LogP contribution < -0.4 is 0 Å². The van der Waals surface area contributed by atoms with Gasteiger partial charge in [0.25, 0.3) is 0 Å². The van der Waals surface area contributed by atoms with E-state index in [0.29, 0.717) is 32.2 Å². The van der Waals surface area contributed by atoms with Gasteiger partial charge in [0.05, 0.1) is 18.1 Å². The molecule has 1 unspecified atom stereocenters. The molecule has 0 spiro atoms. The molecule has 1 saturated heterocycles. The minimum atomic E-state index is -0.774. The Bertz CT molecular complexity index is 326. The molecule has 0 aromatic rings. The lowest BCUT2D eigenvalue weighted by molar-refractivity contribution is -0.145. The van der Waals surface area contributed by atoms with Crippen molar-refractivity contribution in [3.63, 3.8) is 0 Å². The first-order valence-electron chi connectivity index (χ1n) is 7.84. The Labute approximate surface area is 120 Å². The first kappa shape index (κ1) is 15.7. The van der Waals surface area contributed by atoms with E-state index in [-0.39, 0.29) is 18.6 Å². The molecule has 5 nitrogen and oxygen atoms in total. The molecule has 20 heavy (non-hydrogen) atoms. The number of carboxylic acids is 1. The molecule has 5 heteroatoms. The van der Waals surface area contributed by atoms with Crippen LogP contribution >= 0.6 is 0 Å². The molecule has 1 aliphatic carbocycles. The standard InChI is InChI=1S/C15H27NO4/c17-10-13-4-2-1-3-9-16(13)11-15(20)7-5-12(6-8-15)14(18)19/h12-13,17,20H,1-11H2,(H,18,19). The SMILES string of the molecule is O=C(O)C1CCC(O)(CN2CCCCCC2CO)CC1. The van der Waals surface area contributed by atoms with Gasteiger partial charge in [-0.25, -0.2) is 0 Å². The molecule has 0 amide bonds. The fourth-order valence-electron chi connectivity index (χ4n) is 3.59. The van der Waals surface area contributed by atoms with E-state index in [2.05, 4.69) is 4.90 Å².